The van der Waals surface area contributed by atoms with Gasteiger partial charge in [0.1, 0.15) is 6.04 Å². The van der Waals surface area contributed by atoms with Crippen LogP contribution in [0, 0.1) is 0 Å². The van der Waals surface area contributed by atoms with Gasteiger partial charge >= 0.3 is 0 Å². The number of benzene rings is 1. The maximum absolute atomic E-state index is 12.3. The highest BCUT2D eigenvalue weighted by Crippen LogP contribution is 2.27. The average Bonchev–Trinajstić information content (AvgIpc) is 2.94. The van der Waals surface area contributed by atoms with Gasteiger partial charge in [0.15, 0.2) is 0 Å². The van der Waals surface area contributed by atoms with Crippen molar-refractivity contribution in [2.75, 3.05) is 13.7 Å². The Morgan fingerprint density at radius 1 is 1.35 bits per heavy atom. The zero-order valence-corrected chi connectivity index (χ0v) is 12.4. The maximum Gasteiger partial charge on any atom is 0.276 e. The molecule has 2 amide bonds. The van der Waals surface area contributed by atoms with Crippen LogP contribution in [0.5, 0.6) is 0 Å². The van der Waals surface area contributed by atoms with E-state index in [-0.39, 0.29) is 6.42 Å². The zero-order valence-electron chi connectivity index (χ0n) is 12.4. The van der Waals surface area contributed by atoms with Gasteiger partial charge in [-0.3, -0.25) is 14.4 Å². The van der Waals surface area contributed by atoms with Gasteiger partial charge < -0.3 is 20.5 Å². The molecular formula is C15H17N3O5. The molecule has 122 valence electrons. The fourth-order valence-electron chi connectivity index (χ4n) is 2.81. The van der Waals surface area contributed by atoms with Gasteiger partial charge in [-0.05, 0) is 11.6 Å². The number of aliphatic hydroxyl groups is 2. The molecule has 0 bridgehead atoms. The van der Waals surface area contributed by atoms with Crippen molar-refractivity contribution in [1.82, 2.24) is 15.4 Å². The number of fused-ring (bicyclic) bond motifs is 1. The van der Waals surface area contributed by atoms with E-state index in [4.69, 9.17) is 9.94 Å². The predicted octanol–water partition coefficient (Wildman–Crippen LogP) is -0.720. The van der Waals surface area contributed by atoms with Crippen molar-refractivity contribution in [3.05, 3.63) is 36.0 Å². The molecule has 1 aliphatic heterocycles. The second-order valence-electron chi connectivity index (χ2n) is 5.38. The number of rotatable bonds is 4. The van der Waals surface area contributed by atoms with Crippen LogP contribution in [0.3, 0.4) is 0 Å². The van der Waals surface area contributed by atoms with Crippen LogP contribution in [0.15, 0.2) is 30.5 Å². The third kappa shape index (κ3) is 2.37. The van der Waals surface area contributed by atoms with Crippen molar-refractivity contribution in [2.45, 2.75) is 18.2 Å². The van der Waals surface area contributed by atoms with E-state index in [1.165, 1.54) is 7.11 Å². The fourth-order valence-corrected chi connectivity index (χ4v) is 2.81. The minimum absolute atomic E-state index is 0.152. The third-order valence-electron chi connectivity index (χ3n) is 3.98. The first-order valence-corrected chi connectivity index (χ1v) is 7.08. The van der Waals surface area contributed by atoms with Gasteiger partial charge in [-0.25, -0.2) is 0 Å². The summed E-state index contributed by atoms with van der Waals surface area (Å²) in [5.41, 5.74) is -0.677. The molecule has 2 aromatic rings. The van der Waals surface area contributed by atoms with E-state index in [9.17, 15) is 14.7 Å². The molecule has 1 saturated heterocycles. The van der Waals surface area contributed by atoms with E-state index >= 15 is 0 Å². The molecule has 0 spiro atoms. The van der Waals surface area contributed by atoms with E-state index in [2.05, 4.69) is 10.3 Å². The van der Waals surface area contributed by atoms with E-state index in [0.29, 0.717) is 10.6 Å². The molecule has 4 N–H and O–H groups in total. The number of aromatic nitrogens is 1. The lowest BCUT2D eigenvalue weighted by Crippen LogP contribution is -2.71. The number of nitrogens with zero attached hydrogens (tertiary/aromatic N) is 1. The topological polar surface area (TPSA) is 115 Å². The first-order chi connectivity index (χ1) is 11.0. The number of aromatic amines is 1. The Morgan fingerprint density at radius 3 is 2.78 bits per heavy atom. The summed E-state index contributed by atoms with van der Waals surface area (Å²) in [4.78, 5) is 32.5. The molecule has 0 unspecified atom stereocenters. The van der Waals surface area contributed by atoms with Crippen molar-refractivity contribution in [3.63, 3.8) is 0 Å². The standard InChI is InChI=1S/C15H17N3O5/c1-23-18-13(20)12(8-19)17-14(21)15(18,22)6-9-7-16-11-5-3-2-4-10(9)11/h2-5,7,12,16,19,22H,6,8H2,1H3,(H,17,21)/t12-,15+/m1/s1. The monoisotopic (exact) mass is 319 g/mol. The number of para-hydroxylation sites is 1. The average molecular weight is 319 g/mol. The number of H-pyrrole nitrogens is 1. The second kappa shape index (κ2) is 5.65. The summed E-state index contributed by atoms with van der Waals surface area (Å²) in [5, 5.41) is 23.7. The second-order valence-corrected chi connectivity index (χ2v) is 5.38. The van der Waals surface area contributed by atoms with Crippen LogP contribution in [0.4, 0.5) is 0 Å². The normalized spacial score (nSPS) is 25.0. The number of piperazine rings is 1. The summed E-state index contributed by atoms with van der Waals surface area (Å²) in [7, 11) is 1.19. The molecule has 1 aromatic carbocycles. The number of hydrogen-bond donors (Lipinski definition) is 4. The van der Waals surface area contributed by atoms with Crippen molar-refractivity contribution in [1.29, 1.82) is 0 Å². The SMILES string of the molecule is CON1C(=O)[C@@H](CO)NC(=O)[C@@]1(O)Cc1c[nH]c2ccccc12. The Balaban J connectivity index is 1.99. The maximum atomic E-state index is 12.3. The zero-order chi connectivity index (χ0) is 16.6. The predicted molar refractivity (Wildman–Crippen MR) is 79.8 cm³/mol. The van der Waals surface area contributed by atoms with Crippen LogP contribution in [0.1, 0.15) is 5.56 Å². The van der Waals surface area contributed by atoms with Crippen LogP contribution < -0.4 is 5.32 Å². The van der Waals surface area contributed by atoms with Gasteiger partial charge in [0.05, 0.1) is 13.7 Å². The van der Waals surface area contributed by atoms with Crippen LogP contribution in [-0.4, -0.2) is 57.6 Å². The van der Waals surface area contributed by atoms with Gasteiger partial charge in [0, 0.05) is 23.5 Å². The van der Waals surface area contributed by atoms with Crippen molar-refractivity contribution in [2.24, 2.45) is 0 Å². The van der Waals surface area contributed by atoms with Crippen LogP contribution in [0.2, 0.25) is 0 Å². The Kier molecular flexibility index (Phi) is 3.80. The van der Waals surface area contributed by atoms with E-state index in [1.54, 1.807) is 6.20 Å². The van der Waals surface area contributed by atoms with Gasteiger partial charge in [0.2, 0.25) is 5.72 Å². The molecule has 8 heteroatoms. The van der Waals surface area contributed by atoms with Crippen molar-refractivity contribution < 1.29 is 24.6 Å². The first-order valence-electron chi connectivity index (χ1n) is 7.08. The molecule has 2 heterocycles. The lowest BCUT2D eigenvalue weighted by molar-refractivity contribution is -0.267. The van der Waals surface area contributed by atoms with Crippen LogP contribution in [-0.2, 0) is 20.8 Å². The summed E-state index contributed by atoms with van der Waals surface area (Å²) < 4.78 is 0. The molecule has 1 fully saturated rings. The van der Waals surface area contributed by atoms with E-state index in [1.807, 2.05) is 24.3 Å². The van der Waals surface area contributed by atoms with Crippen molar-refractivity contribution in [3.8, 4) is 0 Å². The lowest BCUT2D eigenvalue weighted by atomic mass is 9.97. The summed E-state index contributed by atoms with van der Waals surface area (Å²) >= 11 is 0. The molecule has 8 nitrogen and oxygen atoms in total. The highest BCUT2D eigenvalue weighted by Gasteiger charge is 2.53. The first kappa shape index (κ1) is 15.5. The number of hydrogen-bond acceptors (Lipinski definition) is 5. The minimum atomic E-state index is -2.19. The van der Waals surface area contributed by atoms with E-state index in [0.717, 1.165) is 10.9 Å². The van der Waals surface area contributed by atoms with Crippen LogP contribution >= 0.6 is 0 Å². The largest absolute Gasteiger partial charge is 0.394 e. The number of carbonyl (C=O) groups is 2. The summed E-state index contributed by atoms with van der Waals surface area (Å²) in [6.45, 7) is -0.576. The third-order valence-corrected chi connectivity index (χ3v) is 3.98. The summed E-state index contributed by atoms with van der Waals surface area (Å²) in [5.74, 6) is -1.51. The van der Waals surface area contributed by atoms with Gasteiger partial charge in [-0.2, -0.15) is 5.06 Å². The fraction of sp³-hybridized carbons (Fsp3) is 0.333. The number of hydroxylamine groups is 2. The quantitative estimate of drug-likeness (QED) is 0.594. The Bertz CT molecular complexity index is 758. The highest BCUT2D eigenvalue weighted by atomic mass is 16.7. The van der Waals surface area contributed by atoms with Gasteiger partial charge in [-0.15, -0.1) is 0 Å². The summed E-state index contributed by atoms with van der Waals surface area (Å²) in [6, 6.07) is 6.28. The Labute approximate surface area is 131 Å². The molecule has 1 aromatic heterocycles. The molecular weight excluding hydrogens is 302 g/mol. The van der Waals surface area contributed by atoms with Gasteiger partial charge in [-0.1, -0.05) is 18.2 Å². The molecule has 1 aliphatic rings. The van der Waals surface area contributed by atoms with E-state index < -0.39 is 30.2 Å². The number of nitrogens with one attached hydrogen (secondary N) is 2. The molecule has 3 rings (SSSR count). The molecule has 0 aliphatic carbocycles. The summed E-state index contributed by atoms with van der Waals surface area (Å²) in [6.07, 6.45) is 1.52. The minimum Gasteiger partial charge on any atom is -0.394 e. The Morgan fingerprint density at radius 2 is 2.09 bits per heavy atom. The Hall–Kier alpha value is -2.42. The smallest absolute Gasteiger partial charge is 0.276 e. The number of aliphatic hydroxyl groups excluding tert-OH is 1. The molecule has 23 heavy (non-hydrogen) atoms. The van der Waals surface area contributed by atoms with Crippen LogP contribution in [0.25, 0.3) is 10.9 Å². The van der Waals surface area contributed by atoms with Gasteiger partial charge in [0.25, 0.3) is 11.8 Å². The molecule has 0 radical (unpaired) electrons. The lowest BCUT2D eigenvalue weighted by Gasteiger charge is -2.42. The number of amides is 2. The highest BCUT2D eigenvalue weighted by molar-refractivity contribution is 5.98. The van der Waals surface area contributed by atoms with Crippen molar-refractivity contribution >= 4 is 22.7 Å². The molecule has 2 atom stereocenters. The number of carbonyl (C=O) groups excluding carboxylic acids is 2. The molecule has 0 saturated carbocycles.